The van der Waals surface area contributed by atoms with Crippen LogP contribution in [0.25, 0.3) is 0 Å². The molecule has 2 heterocycles. The summed E-state index contributed by atoms with van der Waals surface area (Å²) in [5.74, 6) is 0.978. The molecule has 0 bridgehead atoms. The summed E-state index contributed by atoms with van der Waals surface area (Å²) < 4.78 is 7.37. The summed E-state index contributed by atoms with van der Waals surface area (Å²) in [5, 5.41) is 4.49. The van der Waals surface area contributed by atoms with Gasteiger partial charge in [-0.1, -0.05) is 18.2 Å². The Bertz CT molecular complexity index is 713. The monoisotopic (exact) mass is 328 g/mol. The van der Waals surface area contributed by atoms with Crippen LogP contribution in [0, 0.1) is 0 Å². The topological polar surface area (TPSA) is 50.6 Å². The van der Waals surface area contributed by atoms with E-state index in [0.717, 1.165) is 36.6 Å². The molecule has 3 rings (SSSR count). The molecular weight excluding hydrogens is 304 g/mol. The number of nitrogens with zero attached hydrogens (tertiary/aromatic N) is 4. The molecule has 1 amide bonds. The van der Waals surface area contributed by atoms with Gasteiger partial charge in [0.05, 0.1) is 18.8 Å². The van der Waals surface area contributed by atoms with Crippen LogP contribution in [0.15, 0.2) is 36.5 Å². The molecule has 1 aliphatic heterocycles. The van der Waals surface area contributed by atoms with Crippen molar-refractivity contribution in [3.8, 4) is 5.75 Å². The first-order valence-electron chi connectivity index (χ1n) is 8.19. The Morgan fingerprint density at radius 1 is 1.29 bits per heavy atom. The third kappa shape index (κ3) is 3.43. The van der Waals surface area contributed by atoms with E-state index in [1.165, 1.54) is 0 Å². The maximum atomic E-state index is 11.9. The number of carbonyl (C=O) groups excluding carboxylic acids is 1. The number of hydrogen-bond acceptors (Lipinski definition) is 4. The van der Waals surface area contributed by atoms with Crippen molar-refractivity contribution >= 4 is 5.91 Å². The van der Waals surface area contributed by atoms with Crippen molar-refractivity contribution in [2.75, 3.05) is 26.7 Å². The molecule has 1 atom stereocenters. The molecule has 1 aliphatic rings. The maximum absolute atomic E-state index is 11.9. The standard InChI is InChI=1S/C18H24N4O2/c1-14(23)21-10-11-22(12-15-8-9-20(2)19-15)17(13-21)16-6-4-5-7-18(16)24-3/h4-9,17H,10-13H2,1-3H3. The molecular formula is C18H24N4O2. The number of methoxy groups -OCH3 is 1. The van der Waals surface area contributed by atoms with E-state index in [1.807, 2.05) is 47.1 Å². The fourth-order valence-corrected chi connectivity index (χ4v) is 3.29. The van der Waals surface area contributed by atoms with E-state index in [2.05, 4.69) is 16.1 Å². The van der Waals surface area contributed by atoms with Gasteiger partial charge in [-0.15, -0.1) is 0 Å². The zero-order chi connectivity index (χ0) is 17.1. The van der Waals surface area contributed by atoms with Gasteiger partial charge in [-0.2, -0.15) is 5.10 Å². The van der Waals surface area contributed by atoms with E-state index in [-0.39, 0.29) is 11.9 Å². The highest BCUT2D eigenvalue weighted by Gasteiger charge is 2.31. The minimum atomic E-state index is 0.0980. The SMILES string of the molecule is COc1ccccc1C1CN(C(C)=O)CCN1Cc1ccn(C)n1. The number of ether oxygens (including phenoxy) is 1. The third-order valence-electron chi connectivity index (χ3n) is 4.57. The molecule has 1 fully saturated rings. The van der Waals surface area contributed by atoms with Gasteiger partial charge in [-0.25, -0.2) is 0 Å². The van der Waals surface area contributed by atoms with Gasteiger partial charge in [0.1, 0.15) is 5.75 Å². The molecule has 1 aromatic carbocycles. The predicted molar refractivity (Wildman–Crippen MR) is 91.6 cm³/mol. The number of para-hydroxylation sites is 1. The van der Waals surface area contributed by atoms with Crippen LogP contribution in [-0.4, -0.2) is 52.2 Å². The van der Waals surface area contributed by atoms with Crippen LogP contribution in [0.4, 0.5) is 0 Å². The van der Waals surface area contributed by atoms with Crippen LogP contribution in [0.5, 0.6) is 5.75 Å². The predicted octanol–water partition coefficient (Wildman–Crippen LogP) is 1.83. The number of hydrogen-bond donors (Lipinski definition) is 0. The van der Waals surface area contributed by atoms with E-state index in [1.54, 1.807) is 14.0 Å². The molecule has 128 valence electrons. The summed E-state index contributed by atoms with van der Waals surface area (Å²) >= 11 is 0. The quantitative estimate of drug-likeness (QED) is 0.859. The number of aromatic nitrogens is 2. The molecule has 6 nitrogen and oxygen atoms in total. The summed E-state index contributed by atoms with van der Waals surface area (Å²) in [6, 6.07) is 10.2. The zero-order valence-electron chi connectivity index (χ0n) is 14.5. The fourth-order valence-electron chi connectivity index (χ4n) is 3.29. The van der Waals surface area contributed by atoms with Crippen LogP contribution in [0.2, 0.25) is 0 Å². The Balaban J connectivity index is 1.89. The van der Waals surface area contributed by atoms with Crippen molar-refractivity contribution in [1.29, 1.82) is 0 Å². The summed E-state index contributed by atoms with van der Waals surface area (Å²) in [6.45, 7) is 4.62. The Morgan fingerprint density at radius 3 is 2.75 bits per heavy atom. The van der Waals surface area contributed by atoms with Crippen LogP contribution in [0.3, 0.4) is 0 Å². The second-order valence-corrected chi connectivity index (χ2v) is 6.17. The fraction of sp³-hybridized carbons (Fsp3) is 0.444. The van der Waals surface area contributed by atoms with E-state index >= 15 is 0 Å². The molecule has 1 unspecified atom stereocenters. The molecule has 0 saturated carbocycles. The number of rotatable bonds is 4. The van der Waals surface area contributed by atoms with Crippen molar-refractivity contribution < 1.29 is 9.53 Å². The van der Waals surface area contributed by atoms with Gasteiger partial charge >= 0.3 is 0 Å². The van der Waals surface area contributed by atoms with Crippen molar-refractivity contribution in [2.45, 2.75) is 19.5 Å². The summed E-state index contributed by atoms with van der Waals surface area (Å²) in [6.07, 6.45) is 1.96. The van der Waals surface area contributed by atoms with Crippen molar-refractivity contribution in [3.05, 3.63) is 47.8 Å². The average Bonchev–Trinajstić information content (AvgIpc) is 3.00. The van der Waals surface area contributed by atoms with Gasteiger partial charge in [-0.3, -0.25) is 14.4 Å². The number of benzene rings is 1. The van der Waals surface area contributed by atoms with Crippen LogP contribution in [0.1, 0.15) is 24.2 Å². The van der Waals surface area contributed by atoms with E-state index in [9.17, 15) is 4.79 Å². The molecule has 0 N–H and O–H groups in total. The first-order chi connectivity index (χ1) is 11.6. The molecule has 24 heavy (non-hydrogen) atoms. The van der Waals surface area contributed by atoms with Crippen molar-refractivity contribution in [3.63, 3.8) is 0 Å². The van der Waals surface area contributed by atoms with E-state index < -0.39 is 0 Å². The highest BCUT2D eigenvalue weighted by Crippen LogP contribution is 2.33. The molecule has 0 spiro atoms. The van der Waals surface area contributed by atoms with Gasteiger partial charge in [0.2, 0.25) is 5.91 Å². The van der Waals surface area contributed by atoms with Crippen molar-refractivity contribution in [1.82, 2.24) is 19.6 Å². The van der Waals surface area contributed by atoms with E-state index in [4.69, 9.17) is 4.74 Å². The minimum absolute atomic E-state index is 0.0980. The van der Waals surface area contributed by atoms with Gasteiger partial charge < -0.3 is 9.64 Å². The smallest absolute Gasteiger partial charge is 0.219 e. The summed E-state index contributed by atoms with van der Waals surface area (Å²) in [4.78, 5) is 16.1. The van der Waals surface area contributed by atoms with E-state index in [0.29, 0.717) is 6.54 Å². The zero-order valence-corrected chi connectivity index (χ0v) is 14.5. The molecule has 1 aromatic heterocycles. The average molecular weight is 328 g/mol. The first-order valence-corrected chi connectivity index (χ1v) is 8.19. The molecule has 0 aliphatic carbocycles. The second kappa shape index (κ2) is 7.05. The molecule has 0 radical (unpaired) electrons. The van der Waals surface area contributed by atoms with Crippen LogP contribution in [-0.2, 0) is 18.4 Å². The lowest BCUT2D eigenvalue weighted by molar-refractivity contribution is -0.132. The first kappa shape index (κ1) is 16.5. The number of amides is 1. The number of piperazine rings is 1. The normalized spacial score (nSPS) is 18.6. The van der Waals surface area contributed by atoms with Crippen LogP contribution >= 0.6 is 0 Å². The molecule has 2 aromatic rings. The van der Waals surface area contributed by atoms with Gasteiger partial charge in [0.15, 0.2) is 0 Å². The highest BCUT2D eigenvalue weighted by atomic mass is 16.5. The van der Waals surface area contributed by atoms with Gasteiger partial charge in [-0.05, 0) is 12.1 Å². The largest absolute Gasteiger partial charge is 0.496 e. The number of carbonyl (C=O) groups is 1. The Kier molecular flexibility index (Phi) is 4.85. The molecule has 1 saturated heterocycles. The van der Waals surface area contributed by atoms with Gasteiger partial charge in [0.25, 0.3) is 0 Å². The van der Waals surface area contributed by atoms with Gasteiger partial charge in [0, 0.05) is 51.9 Å². The maximum Gasteiger partial charge on any atom is 0.219 e. The summed E-state index contributed by atoms with van der Waals surface area (Å²) in [5.41, 5.74) is 2.15. The Morgan fingerprint density at radius 2 is 2.08 bits per heavy atom. The lowest BCUT2D eigenvalue weighted by Gasteiger charge is -2.41. The number of aryl methyl sites for hydroxylation is 1. The second-order valence-electron chi connectivity index (χ2n) is 6.17. The molecule has 6 heteroatoms. The lowest BCUT2D eigenvalue weighted by Crippen LogP contribution is -2.49. The Labute approximate surface area is 142 Å². The van der Waals surface area contributed by atoms with Crippen molar-refractivity contribution in [2.24, 2.45) is 7.05 Å². The summed E-state index contributed by atoms with van der Waals surface area (Å²) in [7, 11) is 3.61. The third-order valence-corrected chi connectivity index (χ3v) is 4.57. The lowest BCUT2D eigenvalue weighted by atomic mass is 10.0. The van der Waals surface area contributed by atoms with Crippen LogP contribution < -0.4 is 4.74 Å². The Hall–Kier alpha value is -2.34. The highest BCUT2D eigenvalue weighted by molar-refractivity contribution is 5.73. The minimum Gasteiger partial charge on any atom is -0.496 e.